The second kappa shape index (κ2) is 14.5. The number of carboxylic acid groups (broad SMARTS) is 1. The molecule has 1 fully saturated rings. The molecule has 37 heavy (non-hydrogen) atoms. The van der Waals surface area contributed by atoms with Gasteiger partial charge in [-0.3, -0.25) is 14.4 Å². The van der Waals surface area contributed by atoms with E-state index in [1.807, 2.05) is 13.8 Å². The number of likely N-dealkylation sites (tertiary alicyclic amines) is 1. The predicted molar refractivity (Wildman–Crippen MR) is 138 cm³/mol. The fourth-order valence-electron chi connectivity index (χ4n) is 4.37. The van der Waals surface area contributed by atoms with Crippen LogP contribution in [-0.2, 0) is 25.6 Å². The Bertz CT molecular complexity index is 925. The quantitative estimate of drug-likeness (QED) is 0.191. The van der Waals surface area contributed by atoms with Crippen LogP contribution in [0.1, 0.15) is 57.9 Å². The second-order valence-corrected chi connectivity index (χ2v) is 9.72. The number of nitrogens with zero attached hydrogens (tertiary/aromatic N) is 1. The maximum atomic E-state index is 13.5. The molecule has 1 aromatic carbocycles. The van der Waals surface area contributed by atoms with Gasteiger partial charge in [-0.15, -0.1) is 0 Å². The minimum atomic E-state index is -1.07. The zero-order valence-electron chi connectivity index (χ0n) is 21.7. The molecule has 2 rings (SSSR count). The van der Waals surface area contributed by atoms with Crippen molar-refractivity contribution in [3.8, 4) is 5.75 Å². The molecule has 0 aliphatic carbocycles. The lowest BCUT2D eigenvalue weighted by Crippen LogP contribution is -2.58. The van der Waals surface area contributed by atoms with Crippen molar-refractivity contribution in [3.05, 3.63) is 29.8 Å². The molecule has 0 saturated carbocycles. The number of amides is 3. The number of benzene rings is 1. The summed E-state index contributed by atoms with van der Waals surface area (Å²) in [5.74, 6) is -2.63. The van der Waals surface area contributed by atoms with Crippen LogP contribution < -0.4 is 22.1 Å². The third-order valence-electron chi connectivity index (χ3n) is 6.95. The molecule has 11 heteroatoms. The van der Waals surface area contributed by atoms with E-state index in [2.05, 4.69) is 10.6 Å². The van der Waals surface area contributed by atoms with E-state index in [9.17, 15) is 29.4 Å². The van der Waals surface area contributed by atoms with E-state index in [4.69, 9.17) is 11.5 Å². The molecule has 0 bridgehead atoms. The standard InChI is InChI=1S/C26H41N5O6/c1-3-16(2)22(28)24(34)30-20(15-17-9-11-18(32)12-10-17)23(33)29-19(7-4-5-13-27)25(35)31-14-6-8-21(31)26(36)37/h9-12,16,19-22,32H,3-8,13-15,27-28H2,1-2H3,(H,29,33)(H,30,34)(H,36,37). The van der Waals surface area contributed by atoms with E-state index in [-0.39, 0.29) is 24.5 Å². The van der Waals surface area contributed by atoms with Crippen LogP contribution >= 0.6 is 0 Å². The number of nitrogens with one attached hydrogen (secondary N) is 2. The van der Waals surface area contributed by atoms with Gasteiger partial charge in [-0.05, 0) is 62.3 Å². The Hall–Kier alpha value is -3.18. The molecule has 8 N–H and O–H groups in total. The van der Waals surface area contributed by atoms with E-state index in [1.165, 1.54) is 17.0 Å². The number of nitrogens with two attached hydrogens (primary N) is 2. The van der Waals surface area contributed by atoms with Gasteiger partial charge in [0.05, 0.1) is 6.04 Å². The monoisotopic (exact) mass is 519 g/mol. The number of aromatic hydroxyl groups is 1. The van der Waals surface area contributed by atoms with Crippen LogP contribution in [0.15, 0.2) is 24.3 Å². The Morgan fingerprint density at radius 2 is 1.73 bits per heavy atom. The summed E-state index contributed by atoms with van der Waals surface area (Å²) < 4.78 is 0. The first-order chi connectivity index (χ1) is 17.6. The van der Waals surface area contributed by atoms with Gasteiger partial charge in [0.25, 0.3) is 0 Å². The summed E-state index contributed by atoms with van der Waals surface area (Å²) in [6, 6.07) is 2.51. The highest BCUT2D eigenvalue weighted by atomic mass is 16.4. The summed E-state index contributed by atoms with van der Waals surface area (Å²) in [6.07, 6.45) is 3.21. The molecule has 1 aromatic rings. The maximum absolute atomic E-state index is 13.5. The van der Waals surface area contributed by atoms with Gasteiger partial charge in [0.1, 0.15) is 23.9 Å². The van der Waals surface area contributed by atoms with Crippen molar-refractivity contribution in [1.82, 2.24) is 15.5 Å². The number of phenols is 1. The second-order valence-electron chi connectivity index (χ2n) is 9.72. The number of phenolic OH excluding ortho intramolecular Hbond substituents is 1. The van der Waals surface area contributed by atoms with E-state index < -0.39 is 47.9 Å². The first-order valence-electron chi connectivity index (χ1n) is 13.0. The van der Waals surface area contributed by atoms with Gasteiger partial charge in [0, 0.05) is 13.0 Å². The molecule has 5 atom stereocenters. The fraction of sp³-hybridized carbons (Fsp3) is 0.615. The van der Waals surface area contributed by atoms with E-state index in [0.717, 1.165) is 0 Å². The lowest BCUT2D eigenvalue weighted by atomic mass is 9.98. The van der Waals surface area contributed by atoms with Gasteiger partial charge < -0.3 is 37.2 Å². The van der Waals surface area contributed by atoms with Crippen LogP contribution in [0.3, 0.4) is 0 Å². The molecule has 1 aliphatic heterocycles. The summed E-state index contributed by atoms with van der Waals surface area (Å²) in [6.45, 7) is 4.49. The first-order valence-corrected chi connectivity index (χ1v) is 13.0. The lowest BCUT2D eigenvalue weighted by molar-refractivity contribution is -0.149. The molecule has 1 saturated heterocycles. The van der Waals surface area contributed by atoms with E-state index >= 15 is 0 Å². The van der Waals surface area contributed by atoms with Crippen LogP contribution in [0.4, 0.5) is 0 Å². The van der Waals surface area contributed by atoms with Crippen LogP contribution in [-0.4, -0.2) is 76.1 Å². The smallest absolute Gasteiger partial charge is 0.326 e. The zero-order valence-corrected chi connectivity index (χ0v) is 21.7. The van der Waals surface area contributed by atoms with Crippen molar-refractivity contribution < 1.29 is 29.4 Å². The van der Waals surface area contributed by atoms with Crippen LogP contribution in [0, 0.1) is 5.92 Å². The number of hydrogen-bond acceptors (Lipinski definition) is 7. The predicted octanol–water partition coefficient (Wildman–Crippen LogP) is 0.482. The number of rotatable bonds is 14. The van der Waals surface area contributed by atoms with Gasteiger partial charge in [0.2, 0.25) is 17.7 Å². The van der Waals surface area contributed by atoms with E-state index in [0.29, 0.717) is 50.8 Å². The highest BCUT2D eigenvalue weighted by Crippen LogP contribution is 2.20. The summed E-state index contributed by atoms with van der Waals surface area (Å²) >= 11 is 0. The largest absolute Gasteiger partial charge is 0.508 e. The lowest BCUT2D eigenvalue weighted by Gasteiger charge is -2.29. The van der Waals surface area contributed by atoms with E-state index in [1.54, 1.807) is 12.1 Å². The topological polar surface area (TPSA) is 188 Å². The molecule has 1 aliphatic rings. The summed E-state index contributed by atoms with van der Waals surface area (Å²) in [5, 5.41) is 24.6. The van der Waals surface area contributed by atoms with Crippen molar-refractivity contribution >= 4 is 23.7 Å². The number of carbonyl (C=O) groups is 4. The van der Waals surface area contributed by atoms with Gasteiger partial charge in [-0.1, -0.05) is 32.4 Å². The van der Waals surface area contributed by atoms with Gasteiger partial charge >= 0.3 is 5.97 Å². The Kier molecular flexibility index (Phi) is 11.8. The van der Waals surface area contributed by atoms with Crippen molar-refractivity contribution in [2.75, 3.05) is 13.1 Å². The highest BCUT2D eigenvalue weighted by Gasteiger charge is 2.38. The van der Waals surface area contributed by atoms with Crippen molar-refractivity contribution in [3.63, 3.8) is 0 Å². The molecule has 11 nitrogen and oxygen atoms in total. The minimum absolute atomic E-state index is 0.0664. The molecule has 0 spiro atoms. The zero-order chi connectivity index (χ0) is 27.5. The van der Waals surface area contributed by atoms with Crippen molar-refractivity contribution in [1.29, 1.82) is 0 Å². The molecule has 206 valence electrons. The Morgan fingerprint density at radius 3 is 2.32 bits per heavy atom. The number of aliphatic carboxylic acids is 1. The Labute approximate surface area is 217 Å². The Morgan fingerprint density at radius 1 is 1.08 bits per heavy atom. The van der Waals surface area contributed by atoms with Gasteiger partial charge in [-0.2, -0.15) is 0 Å². The number of hydrogen-bond donors (Lipinski definition) is 6. The highest BCUT2D eigenvalue weighted by molar-refractivity contribution is 5.94. The number of carbonyl (C=O) groups excluding carboxylic acids is 3. The number of unbranched alkanes of at least 4 members (excludes halogenated alkanes) is 1. The average Bonchev–Trinajstić information content (AvgIpc) is 3.38. The van der Waals surface area contributed by atoms with Crippen molar-refractivity contribution in [2.24, 2.45) is 17.4 Å². The minimum Gasteiger partial charge on any atom is -0.508 e. The molecule has 0 radical (unpaired) electrons. The van der Waals surface area contributed by atoms with Crippen LogP contribution in [0.25, 0.3) is 0 Å². The van der Waals surface area contributed by atoms with Gasteiger partial charge in [-0.25, -0.2) is 4.79 Å². The summed E-state index contributed by atoms with van der Waals surface area (Å²) in [4.78, 5) is 52.6. The Balaban J connectivity index is 2.26. The molecular weight excluding hydrogens is 478 g/mol. The number of carboxylic acids is 1. The molecule has 5 unspecified atom stereocenters. The normalized spacial score (nSPS) is 18.5. The SMILES string of the molecule is CCC(C)C(N)C(=O)NC(Cc1ccc(O)cc1)C(=O)NC(CCCCN)C(=O)N1CCCC1C(=O)O. The van der Waals surface area contributed by atoms with Crippen LogP contribution in [0.5, 0.6) is 5.75 Å². The molecular formula is C26H41N5O6. The van der Waals surface area contributed by atoms with Crippen molar-refractivity contribution in [2.45, 2.75) is 83.0 Å². The fourth-order valence-corrected chi connectivity index (χ4v) is 4.37. The third kappa shape index (κ3) is 8.71. The first kappa shape index (κ1) is 30.0. The molecule has 3 amide bonds. The maximum Gasteiger partial charge on any atom is 0.326 e. The average molecular weight is 520 g/mol. The molecule has 0 aromatic heterocycles. The third-order valence-corrected chi connectivity index (χ3v) is 6.95. The van der Waals surface area contributed by atoms with Crippen LogP contribution in [0.2, 0.25) is 0 Å². The molecule has 1 heterocycles. The summed E-state index contributed by atoms with van der Waals surface area (Å²) in [5.41, 5.74) is 12.4. The summed E-state index contributed by atoms with van der Waals surface area (Å²) in [7, 11) is 0. The van der Waals surface area contributed by atoms with Gasteiger partial charge in [0.15, 0.2) is 0 Å².